The standard InChI is InChI=1S/C8H13O4PS2/c1-6(2)15-7(9)8-3-10-13(14,11-4-8)12-5-8/h6H,3-5H2,1-2H3. The van der Waals surface area contributed by atoms with Gasteiger partial charge in [0.15, 0.2) is 0 Å². The van der Waals surface area contributed by atoms with Crippen molar-refractivity contribution in [3.63, 3.8) is 0 Å². The minimum absolute atomic E-state index is 0.0819. The minimum atomic E-state index is -2.47. The Hall–Kier alpha value is 0.550. The summed E-state index contributed by atoms with van der Waals surface area (Å²) < 4.78 is 16.0. The van der Waals surface area contributed by atoms with Crippen molar-refractivity contribution in [1.29, 1.82) is 0 Å². The first-order chi connectivity index (χ1) is 6.96. The number of thioether (sulfide) groups is 1. The Morgan fingerprint density at radius 2 is 1.80 bits per heavy atom. The van der Waals surface area contributed by atoms with Crippen LogP contribution in [-0.2, 0) is 30.2 Å². The molecular formula is C8H13O4PS2. The molecule has 0 amide bonds. The van der Waals surface area contributed by atoms with Gasteiger partial charge >= 0.3 is 6.72 Å². The third-order valence-electron chi connectivity index (χ3n) is 2.27. The Morgan fingerprint density at radius 1 is 1.33 bits per heavy atom. The third kappa shape index (κ3) is 2.30. The average Bonchev–Trinajstić information content (AvgIpc) is 2.18. The summed E-state index contributed by atoms with van der Waals surface area (Å²) in [5, 5.41) is 0.345. The first-order valence-electron chi connectivity index (χ1n) is 4.71. The van der Waals surface area contributed by atoms with Crippen molar-refractivity contribution in [2.24, 2.45) is 5.41 Å². The number of rotatable bonds is 2. The molecule has 0 aromatic heterocycles. The quantitative estimate of drug-likeness (QED) is 0.713. The van der Waals surface area contributed by atoms with Crippen LogP contribution in [0.5, 0.6) is 0 Å². The van der Waals surface area contributed by atoms with E-state index in [-0.39, 0.29) is 10.4 Å². The van der Waals surface area contributed by atoms with Crippen LogP contribution in [0, 0.1) is 5.41 Å². The summed E-state index contributed by atoms with van der Waals surface area (Å²) >= 11 is 6.35. The molecule has 3 rings (SSSR count). The van der Waals surface area contributed by atoms with Crippen molar-refractivity contribution in [2.75, 3.05) is 19.8 Å². The number of hydrogen-bond donors (Lipinski definition) is 0. The van der Waals surface area contributed by atoms with Crippen LogP contribution >= 0.6 is 18.5 Å². The predicted molar refractivity (Wildman–Crippen MR) is 62.3 cm³/mol. The zero-order valence-electron chi connectivity index (χ0n) is 8.60. The van der Waals surface area contributed by atoms with E-state index in [1.54, 1.807) is 0 Å². The maximum atomic E-state index is 12.0. The van der Waals surface area contributed by atoms with Gasteiger partial charge in [0.25, 0.3) is 0 Å². The van der Waals surface area contributed by atoms with Gasteiger partial charge in [-0.05, 0) is 11.8 Å². The smallest absolute Gasteiger partial charge is 0.307 e. The minimum Gasteiger partial charge on any atom is -0.307 e. The Kier molecular flexibility index (Phi) is 3.28. The average molecular weight is 268 g/mol. The molecule has 0 atom stereocenters. The van der Waals surface area contributed by atoms with Gasteiger partial charge in [0.1, 0.15) is 5.41 Å². The molecule has 0 aromatic carbocycles. The number of carbonyl (C=O) groups excluding carboxylic acids is 1. The van der Waals surface area contributed by atoms with Gasteiger partial charge in [0.05, 0.1) is 19.8 Å². The fraction of sp³-hybridized carbons (Fsp3) is 0.875. The molecule has 15 heavy (non-hydrogen) atoms. The van der Waals surface area contributed by atoms with Crippen molar-refractivity contribution in [3.05, 3.63) is 0 Å². The van der Waals surface area contributed by atoms with Crippen molar-refractivity contribution < 1.29 is 18.4 Å². The molecule has 3 aliphatic heterocycles. The van der Waals surface area contributed by atoms with E-state index in [0.717, 1.165) is 0 Å². The molecule has 86 valence electrons. The molecule has 0 spiro atoms. The van der Waals surface area contributed by atoms with Gasteiger partial charge in [-0.15, -0.1) is 0 Å². The lowest BCUT2D eigenvalue weighted by atomic mass is 9.93. The molecule has 0 unspecified atom stereocenters. The molecule has 7 heteroatoms. The van der Waals surface area contributed by atoms with Gasteiger partial charge in [0.2, 0.25) is 5.12 Å². The monoisotopic (exact) mass is 268 g/mol. The zero-order chi connectivity index (χ0) is 11.1. The number of hydrogen-bond acceptors (Lipinski definition) is 6. The van der Waals surface area contributed by atoms with E-state index in [0.29, 0.717) is 19.8 Å². The van der Waals surface area contributed by atoms with E-state index in [2.05, 4.69) is 0 Å². The lowest BCUT2D eigenvalue weighted by Gasteiger charge is -2.44. The van der Waals surface area contributed by atoms with Gasteiger partial charge < -0.3 is 13.6 Å². The van der Waals surface area contributed by atoms with Crippen molar-refractivity contribution >= 4 is 35.4 Å². The fourth-order valence-corrected chi connectivity index (χ4v) is 4.13. The summed E-state index contributed by atoms with van der Waals surface area (Å²) in [7, 11) is 0. The van der Waals surface area contributed by atoms with Crippen molar-refractivity contribution in [3.8, 4) is 0 Å². The van der Waals surface area contributed by atoms with Crippen LogP contribution in [0.25, 0.3) is 0 Å². The van der Waals surface area contributed by atoms with Crippen LogP contribution in [0.15, 0.2) is 0 Å². The summed E-state index contributed by atoms with van der Waals surface area (Å²) in [6.45, 7) is 2.54. The van der Waals surface area contributed by atoms with Gasteiger partial charge in [-0.1, -0.05) is 25.6 Å². The molecule has 3 aliphatic rings. The first kappa shape index (κ1) is 12.0. The first-order valence-corrected chi connectivity index (χ1v) is 8.14. The molecule has 0 N–H and O–H groups in total. The molecule has 3 saturated heterocycles. The molecule has 0 saturated carbocycles. The lowest BCUT2D eigenvalue weighted by Crippen LogP contribution is -2.49. The second-order valence-electron chi connectivity index (χ2n) is 4.00. The molecule has 2 bridgehead atoms. The highest BCUT2D eigenvalue weighted by Gasteiger charge is 2.52. The van der Waals surface area contributed by atoms with Gasteiger partial charge in [-0.3, -0.25) is 4.79 Å². The normalized spacial score (nSPS) is 39.7. The van der Waals surface area contributed by atoms with Crippen LogP contribution in [0.3, 0.4) is 0 Å². The maximum Gasteiger partial charge on any atom is 0.327 e. The Morgan fingerprint density at radius 3 is 2.20 bits per heavy atom. The molecule has 3 fully saturated rings. The number of fused-ring (bicyclic) bond motifs is 3. The molecule has 0 radical (unpaired) electrons. The highest BCUT2D eigenvalue weighted by Crippen LogP contribution is 2.61. The fourth-order valence-electron chi connectivity index (χ4n) is 1.36. The second-order valence-corrected chi connectivity index (χ2v) is 8.56. The van der Waals surface area contributed by atoms with Gasteiger partial charge in [-0.25, -0.2) is 0 Å². The Bertz CT molecular complexity index is 299. The lowest BCUT2D eigenvalue weighted by molar-refractivity contribution is -0.137. The maximum absolute atomic E-state index is 12.0. The Labute approximate surface area is 98.3 Å². The molecular weight excluding hydrogens is 255 g/mol. The van der Waals surface area contributed by atoms with Crippen molar-refractivity contribution in [1.82, 2.24) is 0 Å². The van der Waals surface area contributed by atoms with Crippen molar-refractivity contribution in [2.45, 2.75) is 19.1 Å². The molecule has 0 aromatic rings. The van der Waals surface area contributed by atoms with E-state index in [4.69, 9.17) is 25.4 Å². The van der Waals surface area contributed by atoms with E-state index in [1.807, 2.05) is 13.8 Å². The second kappa shape index (κ2) is 4.09. The van der Waals surface area contributed by atoms with Crippen LogP contribution in [0.1, 0.15) is 13.8 Å². The Balaban J connectivity index is 2.09. The largest absolute Gasteiger partial charge is 0.327 e. The van der Waals surface area contributed by atoms with E-state index >= 15 is 0 Å². The van der Waals surface area contributed by atoms with E-state index in [1.165, 1.54) is 11.8 Å². The van der Waals surface area contributed by atoms with Gasteiger partial charge in [-0.2, -0.15) is 0 Å². The topological polar surface area (TPSA) is 44.8 Å². The highest BCUT2D eigenvalue weighted by atomic mass is 32.5. The SMILES string of the molecule is CC(C)SC(=O)C12COP(=S)(OC1)OC2. The summed E-state index contributed by atoms with van der Waals surface area (Å²) in [6, 6.07) is 0. The zero-order valence-corrected chi connectivity index (χ0v) is 11.1. The summed E-state index contributed by atoms with van der Waals surface area (Å²) in [6.07, 6.45) is 0. The predicted octanol–water partition coefficient (Wildman–Crippen LogP) is 1.94. The summed E-state index contributed by atoms with van der Waals surface area (Å²) in [4.78, 5) is 12.0. The van der Waals surface area contributed by atoms with Crippen LogP contribution in [0.4, 0.5) is 0 Å². The van der Waals surface area contributed by atoms with E-state index in [9.17, 15) is 4.79 Å². The summed E-state index contributed by atoms with van der Waals surface area (Å²) in [5.41, 5.74) is -0.629. The molecule has 0 aliphatic carbocycles. The summed E-state index contributed by atoms with van der Waals surface area (Å²) in [5.74, 6) is 0. The molecule has 3 heterocycles. The van der Waals surface area contributed by atoms with Gasteiger partial charge in [0, 0.05) is 5.25 Å². The van der Waals surface area contributed by atoms with E-state index < -0.39 is 12.1 Å². The molecule has 4 nitrogen and oxygen atoms in total. The van der Waals surface area contributed by atoms with Crippen LogP contribution < -0.4 is 0 Å². The third-order valence-corrected chi connectivity index (χ3v) is 5.68. The van der Waals surface area contributed by atoms with Crippen LogP contribution in [-0.4, -0.2) is 30.2 Å². The van der Waals surface area contributed by atoms with Crippen LogP contribution in [0.2, 0.25) is 0 Å². The number of carbonyl (C=O) groups is 1. The highest BCUT2D eigenvalue weighted by molar-refractivity contribution is 8.14.